The Morgan fingerprint density at radius 1 is 2.00 bits per heavy atom. The fourth-order valence-corrected chi connectivity index (χ4v) is 1.02. The molecule has 0 bridgehead atoms. The number of hydrogen-bond acceptors (Lipinski definition) is 2. The largest absolute Gasteiger partial charge is 0.481 e. The minimum Gasteiger partial charge on any atom is -0.481 e. The molecule has 0 aromatic rings. The molecule has 0 unspecified atom stereocenters. The minimum absolute atomic E-state index is 0.0914. The Morgan fingerprint density at radius 2 is 2.56 bits per heavy atom. The summed E-state index contributed by atoms with van der Waals surface area (Å²) in [5.41, 5.74) is 5.24. The molecule has 0 aromatic carbocycles. The van der Waals surface area contributed by atoms with Crippen LogP contribution >= 0.6 is 0 Å². The summed E-state index contributed by atoms with van der Waals surface area (Å²) < 4.78 is 0. The van der Waals surface area contributed by atoms with Crippen LogP contribution in [0.4, 0.5) is 0 Å². The van der Waals surface area contributed by atoms with E-state index in [1.54, 1.807) is 0 Å². The molecule has 1 aliphatic rings. The molecule has 3 nitrogen and oxygen atoms in total. The van der Waals surface area contributed by atoms with Gasteiger partial charge in [0.2, 0.25) is 0 Å². The van der Waals surface area contributed by atoms with Crippen LogP contribution in [0.2, 0.25) is 0 Å². The van der Waals surface area contributed by atoms with Gasteiger partial charge in [0.25, 0.3) is 0 Å². The third kappa shape index (κ3) is 0.920. The summed E-state index contributed by atoms with van der Waals surface area (Å²) >= 11 is 0. The molecule has 0 heterocycles. The van der Waals surface area contributed by atoms with Crippen LogP contribution in [0.15, 0.2) is 0 Å². The molecule has 0 spiro atoms. The van der Waals surface area contributed by atoms with Gasteiger partial charge in [-0.1, -0.05) is 6.92 Å². The van der Waals surface area contributed by atoms with Crippen LogP contribution in [-0.4, -0.2) is 17.6 Å². The molecule has 1 aliphatic carbocycles. The first-order chi connectivity index (χ1) is 4.10. The molecule has 0 amide bonds. The molecule has 1 fully saturated rings. The van der Waals surface area contributed by atoms with Crippen molar-refractivity contribution >= 4 is 5.97 Å². The second kappa shape index (κ2) is 1.70. The Bertz CT molecular complexity index is 146. The maximum atomic E-state index is 10.3. The summed E-state index contributed by atoms with van der Waals surface area (Å²) in [5, 5.41) is 8.46. The Hall–Kier alpha value is -0.570. The summed E-state index contributed by atoms with van der Waals surface area (Å²) in [7, 11) is 0. The lowest BCUT2D eigenvalue weighted by Crippen LogP contribution is -2.17. The first-order valence-electron chi connectivity index (χ1n) is 3.03. The van der Waals surface area contributed by atoms with Crippen LogP contribution in [0.25, 0.3) is 0 Å². The molecule has 2 atom stereocenters. The van der Waals surface area contributed by atoms with Crippen molar-refractivity contribution in [2.45, 2.75) is 13.3 Å². The maximum absolute atomic E-state index is 10.3. The number of hydrogen-bond donors (Lipinski definition) is 2. The van der Waals surface area contributed by atoms with Crippen LogP contribution in [0, 0.1) is 11.3 Å². The van der Waals surface area contributed by atoms with Crippen molar-refractivity contribution in [3.8, 4) is 0 Å². The minimum atomic E-state index is -0.706. The van der Waals surface area contributed by atoms with Crippen molar-refractivity contribution in [2.24, 2.45) is 17.1 Å². The van der Waals surface area contributed by atoms with E-state index < -0.39 is 5.97 Å². The zero-order valence-electron chi connectivity index (χ0n) is 5.42. The lowest BCUT2D eigenvalue weighted by Gasteiger charge is -2.01. The molecule has 0 saturated heterocycles. The zero-order valence-corrected chi connectivity index (χ0v) is 5.42. The first-order valence-corrected chi connectivity index (χ1v) is 3.03. The molecule has 1 saturated carbocycles. The van der Waals surface area contributed by atoms with Gasteiger partial charge in [-0.25, -0.2) is 0 Å². The molecule has 3 N–H and O–H groups in total. The van der Waals surface area contributed by atoms with Gasteiger partial charge >= 0.3 is 5.97 Å². The van der Waals surface area contributed by atoms with Crippen LogP contribution in [0.3, 0.4) is 0 Å². The fourth-order valence-electron chi connectivity index (χ4n) is 1.02. The quantitative estimate of drug-likeness (QED) is 0.554. The first kappa shape index (κ1) is 6.55. The Labute approximate surface area is 53.9 Å². The summed E-state index contributed by atoms with van der Waals surface area (Å²) in [6.07, 6.45) is 0.749. The van der Waals surface area contributed by atoms with Crippen LogP contribution in [-0.2, 0) is 4.79 Å². The lowest BCUT2D eigenvalue weighted by atomic mass is 10.1. The van der Waals surface area contributed by atoms with E-state index in [-0.39, 0.29) is 11.3 Å². The molecular weight excluding hydrogens is 118 g/mol. The molecule has 1 rings (SSSR count). The Kier molecular flexibility index (Phi) is 1.24. The molecule has 9 heavy (non-hydrogen) atoms. The third-order valence-electron chi connectivity index (χ3n) is 2.12. The summed E-state index contributed by atoms with van der Waals surface area (Å²) in [4.78, 5) is 10.3. The van der Waals surface area contributed by atoms with Crippen molar-refractivity contribution < 1.29 is 9.90 Å². The highest BCUT2D eigenvalue weighted by molar-refractivity contribution is 5.74. The van der Waals surface area contributed by atoms with Crippen molar-refractivity contribution in [2.75, 3.05) is 6.54 Å². The summed E-state index contributed by atoms with van der Waals surface area (Å²) in [5.74, 6) is -0.884. The highest BCUT2D eigenvalue weighted by atomic mass is 16.4. The van der Waals surface area contributed by atoms with E-state index in [4.69, 9.17) is 10.8 Å². The maximum Gasteiger partial charge on any atom is 0.307 e. The predicted octanol–water partition coefficient (Wildman–Crippen LogP) is 0.0559. The Morgan fingerprint density at radius 3 is 2.67 bits per heavy atom. The number of carboxylic acid groups (broad SMARTS) is 1. The van der Waals surface area contributed by atoms with Gasteiger partial charge in [-0.3, -0.25) is 4.79 Å². The standard InChI is InChI=1S/C6H11NO2/c1-6(3-7)2-4(6)5(8)9/h4H,2-3,7H2,1H3,(H,8,9)/t4-,6-/m0/s1. The monoisotopic (exact) mass is 129 g/mol. The van der Waals surface area contributed by atoms with Crippen LogP contribution < -0.4 is 5.73 Å². The van der Waals surface area contributed by atoms with E-state index in [0.29, 0.717) is 6.54 Å². The van der Waals surface area contributed by atoms with Crippen molar-refractivity contribution in [1.29, 1.82) is 0 Å². The average molecular weight is 129 g/mol. The predicted molar refractivity (Wildman–Crippen MR) is 32.9 cm³/mol. The van der Waals surface area contributed by atoms with E-state index in [1.807, 2.05) is 6.92 Å². The molecule has 0 aromatic heterocycles. The van der Waals surface area contributed by atoms with Gasteiger partial charge in [-0.05, 0) is 18.4 Å². The molecule has 0 radical (unpaired) electrons. The van der Waals surface area contributed by atoms with E-state index in [9.17, 15) is 4.79 Å². The molecule has 0 aliphatic heterocycles. The van der Waals surface area contributed by atoms with E-state index in [0.717, 1.165) is 6.42 Å². The number of rotatable bonds is 2. The average Bonchev–Trinajstić information content (AvgIpc) is 2.44. The van der Waals surface area contributed by atoms with E-state index >= 15 is 0 Å². The number of nitrogens with two attached hydrogens (primary N) is 1. The van der Waals surface area contributed by atoms with E-state index in [1.165, 1.54) is 0 Å². The molecule has 3 heteroatoms. The van der Waals surface area contributed by atoms with Gasteiger partial charge in [-0.2, -0.15) is 0 Å². The smallest absolute Gasteiger partial charge is 0.307 e. The van der Waals surface area contributed by atoms with Crippen LogP contribution in [0.1, 0.15) is 13.3 Å². The summed E-state index contributed by atoms with van der Waals surface area (Å²) in [6, 6.07) is 0. The fraction of sp³-hybridized carbons (Fsp3) is 0.833. The summed E-state index contributed by atoms with van der Waals surface area (Å²) in [6.45, 7) is 2.40. The zero-order chi connectivity index (χ0) is 7.07. The van der Waals surface area contributed by atoms with Gasteiger partial charge in [0.15, 0.2) is 0 Å². The molecule has 52 valence electrons. The van der Waals surface area contributed by atoms with Gasteiger partial charge in [0, 0.05) is 0 Å². The van der Waals surface area contributed by atoms with Crippen molar-refractivity contribution in [3.63, 3.8) is 0 Å². The van der Waals surface area contributed by atoms with Crippen molar-refractivity contribution in [1.82, 2.24) is 0 Å². The highest BCUT2D eigenvalue weighted by Gasteiger charge is 2.53. The highest BCUT2D eigenvalue weighted by Crippen LogP contribution is 2.51. The van der Waals surface area contributed by atoms with Crippen molar-refractivity contribution in [3.05, 3.63) is 0 Å². The second-order valence-corrected chi connectivity index (χ2v) is 2.95. The number of aliphatic carboxylic acids is 1. The van der Waals surface area contributed by atoms with Gasteiger partial charge < -0.3 is 10.8 Å². The number of carboxylic acids is 1. The SMILES string of the molecule is C[C@@]1(CN)C[C@H]1C(=O)O. The molecular formula is C6H11NO2. The van der Waals surface area contributed by atoms with Crippen LogP contribution in [0.5, 0.6) is 0 Å². The normalized spacial score (nSPS) is 40.4. The van der Waals surface area contributed by atoms with Gasteiger partial charge in [0.05, 0.1) is 5.92 Å². The second-order valence-electron chi connectivity index (χ2n) is 2.95. The Balaban J connectivity index is 2.48. The van der Waals surface area contributed by atoms with Gasteiger partial charge in [0.1, 0.15) is 0 Å². The lowest BCUT2D eigenvalue weighted by molar-refractivity contribution is -0.139. The number of carbonyl (C=O) groups is 1. The third-order valence-corrected chi connectivity index (χ3v) is 2.12. The van der Waals surface area contributed by atoms with Gasteiger partial charge in [-0.15, -0.1) is 0 Å². The van der Waals surface area contributed by atoms with E-state index in [2.05, 4.69) is 0 Å². The topological polar surface area (TPSA) is 63.3 Å².